The fourth-order valence-corrected chi connectivity index (χ4v) is 5.29. The molecule has 0 aliphatic heterocycles. The number of benzene rings is 1. The van der Waals surface area contributed by atoms with Crippen molar-refractivity contribution in [2.75, 3.05) is 7.11 Å². The van der Waals surface area contributed by atoms with E-state index in [9.17, 15) is 8.78 Å². The smallest absolute Gasteiger partial charge is 0.190 e. The standard InChI is InChI=1S/C22H32F2O/c1-3-4-15-5-7-16(8-6-15)17-9-11-18(12-10-17)19-13-20(23)22(25-2)21(24)14-19/h13-18H,3-12H2,1-2H3/t15-,16-,17-,18-. The molecule has 1 aromatic rings. The van der Waals surface area contributed by atoms with Gasteiger partial charge in [-0.25, -0.2) is 8.78 Å². The van der Waals surface area contributed by atoms with E-state index in [0.717, 1.165) is 36.2 Å². The van der Waals surface area contributed by atoms with Crippen molar-refractivity contribution < 1.29 is 13.5 Å². The van der Waals surface area contributed by atoms with Crippen molar-refractivity contribution in [3.8, 4) is 5.75 Å². The van der Waals surface area contributed by atoms with Crippen LogP contribution in [0.15, 0.2) is 12.1 Å². The summed E-state index contributed by atoms with van der Waals surface area (Å²) in [6, 6.07) is 2.95. The zero-order valence-corrected chi connectivity index (χ0v) is 15.7. The van der Waals surface area contributed by atoms with Crippen LogP contribution in [-0.2, 0) is 0 Å². The highest BCUT2D eigenvalue weighted by atomic mass is 19.1. The Bertz CT molecular complexity index is 532. The van der Waals surface area contributed by atoms with Gasteiger partial charge in [0.25, 0.3) is 0 Å². The summed E-state index contributed by atoms with van der Waals surface area (Å²) in [7, 11) is 1.31. The summed E-state index contributed by atoms with van der Waals surface area (Å²) in [4.78, 5) is 0. The van der Waals surface area contributed by atoms with Crippen LogP contribution in [0.5, 0.6) is 5.75 Å². The second kappa shape index (κ2) is 8.51. The minimum Gasteiger partial charge on any atom is -0.491 e. The highest BCUT2D eigenvalue weighted by molar-refractivity contribution is 5.33. The van der Waals surface area contributed by atoms with E-state index in [2.05, 4.69) is 6.92 Å². The van der Waals surface area contributed by atoms with Crippen LogP contribution >= 0.6 is 0 Å². The van der Waals surface area contributed by atoms with E-state index in [1.54, 1.807) is 0 Å². The molecule has 0 aromatic heterocycles. The fraction of sp³-hybridized carbons (Fsp3) is 0.727. The average Bonchev–Trinajstić information content (AvgIpc) is 2.62. The zero-order chi connectivity index (χ0) is 17.8. The second-order valence-electron chi connectivity index (χ2n) is 8.20. The molecule has 2 fully saturated rings. The van der Waals surface area contributed by atoms with Crippen LogP contribution in [0.25, 0.3) is 0 Å². The molecule has 0 radical (unpaired) electrons. The lowest BCUT2D eigenvalue weighted by Gasteiger charge is -2.38. The van der Waals surface area contributed by atoms with E-state index in [1.807, 2.05) is 0 Å². The summed E-state index contributed by atoms with van der Waals surface area (Å²) in [6.45, 7) is 2.29. The van der Waals surface area contributed by atoms with Gasteiger partial charge < -0.3 is 4.74 Å². The maximum atomic E-state index is 14.0. The van der Waals surface area contributed by atoms with Crippen LogP contribution in [0.4, 0.5) is 8.78 Å². The molecule has 0 atom stereocenters. The topological polar surface area (TPSA) is 9.23 Å². The monoisotopic (exact) mass is 350 g/mol. The largest absolute Gasteiger partial charge is 0.491 e. The van der Waals surface area contributed by atoms with Crippen molar-refractivity contribution in [1.82, 2.24) is 0 Å². The summed E-state index contributed by atoms with van der Waals surface area (Å²) in [5.41, 5.74) is 0.806. The van der Waals surface area contributed by atoms with Crippen molar-refractivity contribution >= 4 is 0 Å². The number of methoxy groups -OCH3 is 1. The molecule has 0 spiro atoms. The van der Waals surface area contributed by atoms with Crippen LogP contribution in [0.2, 0.25) is 0 Å². The minimum atomic E-state index is -0.575. The van der Waals surface area contributed by atoms with E-state index in [4.69, 9.17) is 4.74 Å². The molecule has 2 aliphatic rings. The molecule has 0 saturated heterocycles. The lowest BCUT2D eigenvalue weighted by atomic mass is 9.68. The van der Waals surface area contributed by atoms with Gasteiger partial charge in [0.05, 0.1) is 7.11 Å². The number of hydrogen-bond acceptors (Lipinski definition) is 1. The summed E-state index contributed by atoms with van der Waals surface area (Å²) >= 11 is 0. The Morgan fingerprint density at radius 1 is 0.880 bits per heavy atom. The molecular weight excluding hydrogens is 318 g/mol. The molecule has 0 heterocycles. The Balaban J connectivity index is 1.54. The normalized spacial score (nSPS) is 30.2. The SMILES string of the molecule is CCC[C@H]1CC[C@H]([C@H]2CC[C@H](c3cc(F)c(OC)c(F)c3)CC2)CC1. The first-order valence-corrected chi connectivity index (χ1v) is 10.1. The average molecular weight is 350 g/mol. The summed E-state index contributed by atoms with van der Waals surface area (Å²) < 4.78 is 32.7. The van der Waals surface area contributed by atoms with Crippen LogP contribution in [0, 0.1) is 29.4 Å². The number of halogens is 2. The Morgan fingerprint density at radius 2 is 1.40 bits per heavy atom. The van der Waals surface area contributed by atoms with E-state index in [0.29, 0.717) is 5.92 Å². The minimum absolute atomic E-state index is 0.263. The van der Waals surface area contributed by atoms with Gasteiger partial charge in [0.15, 0.2) is 17.4 Å². The number of hydrogen-bond donors (Lipinski definition) is 0. The first kappa shape index (κ1) is 18.7. The van der Waals surface area contributed by atoms with Crippen LogP contribution in [0.3, 0.4) is 0 Å². The summed E-state index contributed by atoms with van der Waals surface area (Å²) in [5, 5.41) is 0. The van der Waals surface area contributed by atoms with E-state index in [-0.39, 0.29) is 5.75 Å². The molecule has 0 bridgehead atoms. The molecule has 25 heavy (non-hydrogen) atoms. The molecule has 0 unspecified atom stereocenters. The maximum absolute atomic E-state index is 14.0. The van der Waals surface area contributed by atoms with E-state index < -0.39 is 11.6 Å². The highest BCUT2D eigenvalue weighted by Gasteiger charge is 2.31. The van der Waals surface area contributed by atoms with Gasteiger partial charge in [-0.2, -0.15) is 0 Å². The third kappa shape index (κ3) is 4.35. The number of rotatable bonds is 5. The van der Waals surface area contributed by atoms with Crippen molar-refractivity contribution in [1.29, 1.82) is 0 Å². The molecule has 2 saturated carbocycles. The van der Waals surface area contributed by atoms with Gasteiger partial charge in [-0.1, -0.05) is 32.6 Å². The summed E-state index contributed by atoms with van der Waals surface area (Å²) in [5.74, 6) is 1.56. The maximum Gasteiger partial charge on any atom is 0.190 e. The first-order valence-electron chi connectivity index (χ1n) is 10.1. The van der Waals surface area contributed by atoms with Crippen LogP contribution in [-0.4, -0.2) is 7.11 Å². The Morgan fingerprint density at radius 3 is 1.88 bits per heavy atom. The molecule has 1 aromatic carbocycles. The van der Waals surface area contributed by atoms with Gasteiger partial charge >= 0.3 is 0 Å². The summed E-state index contributed by atoms with van der Waals surface area (Å²) in [6.07, 6.45) is 12.9. The van der Waals surface area contributed by atoms with Gasteiger partial charge in [0.2, 0.25) is 0 Å². The van der Waals surface area contributed by atoms with Crippen molar-refractivity contribution in [3.05, 3.63) is 29.3 Å². The van der Waals surface area contributed by atoms with Crippen molar-refractivity contribution in [2.24, 2.45) is 17.8 Å². The molecule has 3 rings (SSSR count). The van der Waals surface area contributed by atoms with Crippen LogP contribution in [0.1, 0.15) is 82.6 Å². The molecule has 0 N–H and O–H groups in total. The van der Waals surface area contributed by atoms with E-state index in [1.165, 1.54) is 70.6 Å². The first-order chi connectivity index (χ1) is 12.1. The van der Waals surface area contributed by atoms with Gasteiger partial charge in [-0.05, 0) is 79.9 Å². The van der Waals surface area contributed by atoms with Crippen molar-refractivity contribution in [3.63, 3.8) is 0 Å². The third-order valence-electron chi connectivity index (χ3n) is 6.72. The molecule has 1 nitrogen and oxygen atoms in total. The van der Waals surface area contributed by atoms with E-state index >= 15 is 0 Å². The molecule has 2 aliphatic carbocycles. The second-order valence-corrected chi connectivity index (χ2v) is 8.20. The fourth-order valence-electron chi connectivity index (χ4n) is 5.29. The quantitative estimate of drug-likeness (QED) is 0.564. The zero-order valence-electron chi connectivity index (χ0n) is 15.7. The Kier molecular flexibility index (Phi) is 6.35. The van der Waals surface area contributed by atoms with Crippen molar-refractivity contribution in [2.45, 2.75) is 77.0 Å². The predicted octanol–water partition coefficient (Wildman–Crippen LogP) is 6.85. The lowest BCUT2D eigenvalue weighted by Crippen LogP contribution is -2.25. The van der Waals surface area contributed by atoms with Gasteiger partial charge in [-0.15, -0.1) is 0 Å². The van der Waals surface area contributed by atoms with Gasteiger partial charge in [0.1, 0.15) is 0 Å². The Hall–Kier alpha value is -1.12. The van der Waals surface area contributed by atoms with Crippen LogP contribution < -0.4 is 4.74 Å². The Labute approximate surface area is 151 Å². The third-order valence-corrected chi connectivity index (χ3v) is 6.72. The molecular formula is C22H32F2O. The van der Waals surface area contributed by atoms with Gasteiger partial charge in [-0.3, -0.25) is 0 Å². The molecule has 3 heteroatoms. The highest BCUT2D eigenvalue weighted by Crippen LogP contribution is 2.45. The molecule has 140 valence electrons. The predicted molar refractivity (Wildman–Crippen MR) is 98.0 cm³/mol. The molecule has 0 amide bonds. The number of ether oxygens (including phenoxy) is 1. The lowest BCUT2D eigenvalue weighted by molar-refractivity contribution is 0.156. The van der Waals surface area contributed by atoms with Gasteiger partial charge in [0, 0.05) is 0 Å².